The number of aryl methyl sites for hydroxylation is 1. The number of allylic oxidation sites excluding steroid dienone is 1. The van der Waals surface area contributed by atoms with Crippen molar-refractivity contribution in [3.63, 3.8) is 0 Å². The van der Waals surface area contributed by atoms with E-state index < -0.39 is 6.29 Å². The van der Waals surface area contributed by atoms with Gasteiger partial charge in [-0.1, -0.05) is 48.2 Å². The molecule has 1 aliphatic heterocycles. The van der Waals surface area contributed by atoms with Crippen molar-refractivity contribution in [2.24, 2.45) is 0 Å². The third-order valence-corrected chi connectivity index (χ3v) is 5.48. The molecule has 3 aromatic rings. The molecule has 0 fully saturated rings. The van der Waals surface area contributed by atoms with Crippen molar-refractivity contribution in [3.05, 3.63) is 83.5 Å². The van der Waals surface area contributed by atoms with Gasteiger partial charge < -0.3 is 14.0 Å². The van der Waals surface area contributed by atoms with Crippen LogP contribution in [0.1, 0.15) is 28.8 Å². The van der Waals surface area contributed by atoms with Crippen LogP contribution >= 0.6 is 11.8 Å². The number of aromatic nitrogens is 3. The molecule has 0 saturated carbocycles. The zero-order chi connectivity index (χ0) is 19.5. The Morgan fingerprint density at radius 1 is 1.29 bits per heavy atom. The van der Waals surface area contributed by atoms with Crippen LogP contribution in [0.2, 0.25) is 0 Å². The molecule has 0 bridgehead atoms. The minimum absolute atomic E-state index is 0.302. The van der Waals surface area contributed by atoms with Crippen LogP contribution in [0.15, 0.2) is 60.3 Å². The molecule has 0 N–H and O–H groups in total. The first-order valence-corrected chi connectivity index (χ1v) is 9.92. The van der Waals surface area contributed by atoms with E-state index in [4.69, 9.17) is 9.47 Å². The highest BCUT2D eigenvalue weighted by Crippen LogP contribution is 2.38. The summed E-state index contributed by atoms with van der Waals surface area (Å²) in [5.41, 5.74) is 2.42. The highest BCUT2D eigenvalue weighted by Gasteiger charge is 2.25. The van der Waals surface area contributed by atoms with Crippen molar-refractivity contribution in [3.8, 4) is 5.75 Å². The van der Waals surface area contributed by atoms with Crippen molar-refractivity contribution in [1.29, 1.82) is 0 Å². The molecule has 1 aliphatic rings. The van der Waals surface area contributed by atoms with Gasteiger partial charge in [0, 0.05) is 29.0 Å². The first-order valence-electron chi connectivity index (χ1n) is 8.93. The van der Waals surface area contributed by atoms with Crippen molar-refractivity contribution in [2.45, 2.75) is 37.3 Å². The number of fused-ring (bicyclic) bond motifs is 1. The standard InChI is InChI=1S/C21H20FN3O2S/c1-3-9-25-14(2)23-24-21(25)28-13-17-11-18(22)10-16-12-26-20(27-19(16)17)15-7-5-4-6-8-15/h3-8,10-11,20H,1,9,12-13H2,2H3/t20-/m1/s1. The fraction of sp³-hybridized carbons (Fsp3) is 0.238. The number of hydrogen-bond acceptors (Lipinski definition) is 5. The fourth-order valence-electron chi connectivity index (χ4n) is 3.11. The Morgan fingerprint density at radius 3 is 2.89 bits per heavy atom. The van der Waals surface area contributed by atoms with E-state index >= 15 is 0 Å². The van der Waals surface area contributed by atoms with Gasteiger partial charge in [0.05, 0.1) is 6.61 Å². The van der Waals surface area contributed by atoms with E-state index in [1.54, 1.807) is 6.08 Å². The molecule has 4 rings (SSSR count). The van der Waals surface area contributed by atoms with Gasteiger partial charge in [-0.2, -0.15) is 0 Å². The minimum atomic E-state index is -0.505. The summed E-state index contributed by atoms with van der Waals surface area (Å²) in [6.45, 7) is 6.60. The van der Waals surface area contributed by atoms with Crippen LogP contribution in [0.3, 0.4) is 0 Å². The topological polar surface area (TPSA) is 49.2 Å². The molecule has 1 atom stereocenters. The van der Waals surface area contributed by atoms with Gasteiger partial charge in [-0.05, 0) is 19.1 Å². The molecule has 144 valence electrons. The molecule has 2 heterocycles. The quantitative estimate of drug-likeness (QED) is 0.441. The smallest absolute Gasteiger partial charge is 0.227 e. The molecule has 7 heteroatoms. The third-order valence-electron chi connectivity index (χ3n) is 4.46. The second kappa shape index (κ2) is 8.16. The Bertz CT molecular complexity index is 991. The molecule has 5 nitrogen and oxygen atoms in total. The molecule has 28 heavy (non-hydrogen) atoms. The second-order valence-corrected chi connectivity index (χ2v) is 7.38. The largest absolute Gasteiger partial charge is 0.460 e. The number of thioether (sulfide) groups is 1. The van der Waals surface area contributed by atoms with Gasteiger partial charge in [0.25, 0.3) is 0 Å². The van der Waals surface area contributed by atoms with Crippen LogP contribution in [0.4, 0.5) is 4.39 Å². The molecule has 0 amide bonds. The summed E-state index contributed by atoms with van der Waals surface area (Å²) in [6.07, 6.45) is 1.30. The lowest BCUT2D eigenvalue weighted by Crippen LogP contribution is -2.19. The van der Waals surface area contributed by atoms with Crippen molar-refractivity contribution in [1.82, 2.24) is 14.8 Å². The maximum absolute atomic E-state index is 14.1. The number of benzene rings is 2. The Morgan fingerprint density at radius 2 is 2.11 bits per heavy atom. The molecular formula is C21H20FN3O2S. The van der Waals surface area contributed by atoms with E-state index in [9.17, 15) is 4.39 Å². The number of nitrogens with zero attached hydrogens (tertiary/aromatic N) is 3. The van der Waals surface area contributed by atoms with Gasteiger partial charge in [0.2, 0.25) is 6.29 Å². The van der Waals surface area contributed by atoms with Crippen LogP contribution in [-0.2, 0) is 23.6 Å². The van der Waals surface area contributed by atoms with Gasteiger partial charge in [-0.25, -0.2) is 4.39 Å². The van der Waals surface area contributed by atoms with E-state index in [2.05, 4.69) is 16.8 Å². The first-order chi connectivity index (χ1) is 13.7. The van der Waals surface area contributed by atoms with Crippen molar-refractivity contribution >= 4 is 11.8 Å². The predicted octanol–water partition coefficient (Wildman–Crippen LogP) is 4.81. The lowest BCUT2D eigenvalue weighted by Gasteiger charge is -2.28. The van der Waals surface area contributed by atoms with E-state index in [1.165, 1.54) is 23.9 Å². The van der Waals surface area contributed by atoms with Crippen molar-refractivity contribution in [2.75, 3.05) is 0 Å². The van der Waals surface area contributed by atoms with Gasteiger partial charge in [-0.15, -0.1) is 16.8 Å². The summed E-state index contributed by atoms with van der Waals surface area (Å²) < 4.78 is 28.0. The molecule has 0 saturated heterocycles. The van der Waals surface area contributed by atoms with Gasteiger partial charge in [0.15, 0.2) is 5.16 Å². The molecule has 0 unspecified atom stereocenters. The highest BCUT2D eigenvalue weighted by molar-refractivity contribution is 7.98. The second-order valence-electron chi connectivity index (χ2n) is 6.44. The van der Waals surface area contributed by atoms with Gasteiger partial charge >= 0.3 is 0 Å². The number of hydrogen-bond donors (Lipinski definition) is 0. The van der Waals surface area contributed by atoms with Gasteiger partial charge in [0.1, 0.15) is 17.4 Å². The monoisotopic (exact) mass is 397 g/mol. The Kier molecular flexibility index (Phi) is 5.45. The SMILES string of the molecule is C=CCn1c(C)nnc1SCc1cc(F)cc2c1O[C@H](c1ccccc1)OC2. The number of halogens is 1. The molecule has 2 aromatic carbocycles. The molecule has 0 aliphatic carbocycles. The summed E-state index contributed by atoms with van der Waals surface area (Å²) in [4.78, 5) is 0. The van der Waals surface area contributed by atoms with E-state index in [1.807, 2.05) is 41.8 Å². The summed E-state index contributed by atoms with van der Waals surface area (Å²) in [5.74, 6) is 1.71. The highest BCUT2D eigenvalue weighted by atomic mass is 32.2. The summed E-state index contributed by atoms with van der Waals surface area (Å²) >= 11 is 1.49. The zero-order valence-corrected chi connectivity index (χ0v) is 16.3. The maximum Gasteiger partial charge on any atom is 0.227 e. The summed E-state index contributed by atoms with van der Waals surface area (Å²) in [6, 6.07) is 12.7. The maximum atomic E-state index is 14.1. The Balaban J connectivity index is 1.59. The van der Waals surface area contributed by atoms with Crippen molar-refractivity contribution < 1.29 is 13.9 Å². The predicted molar refractivity (Wildman–Crippen MR) is 106 cm³/mol. The molecule has 0 spiro atoms. The summed E-state index contributed by atoms with van der Waals surface area (Å²) in [5, 5.41) is 9.10. The van der Waals surface area contributed by atoms with Crippen LogP contribution in [0.5, 0.6) is 5.75 Å². The lowest BCUT2D eigenvalue weighted by molar-refractivity contribution is -0.112. The zero-order valence-electron chi connectivity index (χ0n) is 15.5. The minimum Gasteiger partial charge on any atom is -0.460 e. The Hall–Kier alpha value is -2.64. The van der Waals surface area contributed by atoms with Crippen LogP contribution < -0.4 is 4.74 Å². The van der Waals surface area contributed by atoms with Crippen LogP contribution in [-0.4, -0.2) is 14.8 Å². The van der Waals surface area contributed by atoms with Gasteiger partial charge in [-0.3, -0.25) is 0 Å². The molecule has 1 aromatic heterocycles. The molecular weight excluding hydrogens is 377 g/mol. The van der Waals surface area contributed by atoms with Crippen LogP contribution in [0, 0.1) is 12.7 Å². The number of rotatable bonds is 6. The third kappa shape index (κ3) is 3.81. The molecule has 0 radical (unpaired) electrons. The number of ether oxygens (including phenoxy) is 2. The normalized spacial score (nSPS) is 15.7. The van der Waals surface area contributed by atoms with E-state index in [0.717, 1.165) is 22.1 Å². The van der Waals surface area contributed by atoms with Crippen LogP contribution in [0.25, 0.3) is 0 Å². The fourth-order valence-corrected chi connectivity index (χ4v) is 4.07. The van der Waals surface area contributed by atoms with E-state index in [-0.39, 0.29) is 5.82 Å². The lowest BCUT2D eigenvalue weighted by atomic mass is 10.1. The average molecular weight is 397 g/mol. The summed E-state index contributed by atoms with van der Waals surface area (Å²) in [7, 11) is 0. The average Bonchev–Trinajstić information content (AvgIpc) is 3.06. The Labute approximate surface area is 167 Å². The first kappa shape index (κ1) is 18.7. The van der Waals surface area contributed by atoms with E-state index in [0.29, 0.717) is 30.2 Å².